The number of benzene rings is 9. The van der Waals surface area contributed by atoms with E-state index < -0.39 is 0 Å². The topological polar surface area (TPSA) is 43.6 Å². The average molecular weight is 783 g/mol. The molecule has 0 aliphatic rings. The zero-order valence-electron chi connectivity index (χ0n) is 32.3. The van der Waals surface area contributed by atoms with Crippen LogP contribution in [0.15, 0.2) is 206 Å². The van der Waals surface area contributed by atoms with Crippen molar-refractivity contribution in [1.29, 1.82) is 0 Å². The third-order valence-corrected chi connectivity index (χ3v) is 12.8. The molecule has 12 aromatic rings. The highest BCUT2D eigenvalue weighted by Crippen LogP contribution is 2.41. The van der Waals surface area contributed by atoms with Crippen molar-refractivity contribution >= 4 is 64.1 Å². The molecule has 0 aliphatic heterocycles. The molecule has 12 rings (SSSR count). The number of para-hydroxylation sites is 1. The van der Waals surface area contributed by atoms with Crippen molar-refractivity contribution in [3.63, 3.8) is 0 Å². The van der Waals surface area contributed by atoms with E-state index in [1.54, 1.807) is 0 Å². The lowest BCUT2D eigenvalue weighted by atomic mass is 10.0. The van der Waals surface area contributed by atoms with Crippen LogP contribution in [0.5, 0.6) is 0 Å². The first-order valence-electron chi connectivity index (χ1n) is 20.2. The van der Waals surface area contributed by atoms with Crippen molar-refractivity contribution in [2.75, 3.05) is 0 Å². The van der Waals surface area contributed by atoms with Gasteiger partial charge < -0.3 is 4.57 Å². The summed E-state index contributed by atoms with van der Waals surface area (Å²) in [4.78, 5) is 15.8. The molecule has 3 heterocycles. The third-order valence-electron chi connectivity index (χ3n) is 11.6. The van der Waals surface area contributed by atoms with Gasteiger partial charge in [0.2, 0.25) is 0 Å². The maximum Gasteiger partial charge on any atom is 0.166 e. The minimum Gasteiger partial charge on any atom is -0.308 e. The van der Waals surface area contributed by atoms with Crippen LogP contribution in [0.3, 0.4) is 0 Å². The number of aromatic nitrogens is 4. The van der Waals surface area contributed by atoms with Gasteiger partial charge in [-0.25, -0.2) is 15.0 Å². The Balaban J connectivity index is 1.09. The number of rotatable bonds is 6. The first kappa shape index (κ1) is 34.3. The first-order chi connectivity index (χ1) is 29.7. The Morgan fingerprint density at radius 2 is 0.933 bits per heavy atom. The fourth-order valence-electron chi connectivity index (χ4n) is 8.80. The van der Waals surface area contributed by atoms with Crippen LogP contribution in [-0.4, -0.2) is 19.5 Å². The summed E-state index contributed by atoms with van der Waals surface area (Å²) in [5.41, 5.74) is 10.5. The minimum atomic E-state index is 0.609. The molecule has 4 nitrogen and oxygen atoms in total. The maximum absolute atomic E-state index is 5.36. The van der Waals surface area contributed by atoms with Crippen molar-refractivity contribution in [2.45, 2.75) is 0 Å². The standard InChI is InChI=1S/C55H34N4S/c1-3-14-35(15-4-1)39-27-30-46(49(33-39)59-47-24-11-9-23-45(47)52-42-21-8-7-16-36(42)28-31-48(52)59)55-57-53(37-17-5-2-6-18-37)56-54(58-55)41-20-13-19-38(32-41)40-26-29-44-43-22-10-12-25-50(43)60-51(44)34-40/h1-34H. The van der Waals surface area contributed by atoms with Crippen molar-refractivity contribution in [1.82, 2.24) is 19.5 Å². The maximum atomic E-state index is 5.36. The lowest BCUT2D eigenvalue weighted by Crippen LogP contribution is -2.04. The normalized spacial score (nSPS) is 11.7. The van der Waals surface area contributed by atoms with Gasteiger partial charge in [0, 0.05) is 47.6 Å². The predicted octanol–water partition coefficient (Wildman–Crippen LogP) is 14.8. The van der Waals surface area contributed by atoms with Gasteiger partial charge in [0.25, 0.3) is 0 Å². The summed E-state index contributed by atoms with van der Waals surface area (Å²) in [5.74, 6) is 1.85. The SMILES string of the molecule is c1ccc(-c2ccc(-c3nc(-c4ccccc4)nc(-c4cccc(-c5ccc6c(c5)sc5ccccc56)c4)n3)c(-n3c4ccccc4c4c5ccccc5ccc43)c2)cc1. The molecule has 0 radical (unpaired) electrons. The van der Waals surface area contributed by atoms with E-state index in [-0.39, 0.29) is 0 Å². The molecule has 0 amide bonds. The second-order valence-corrected chi connectivity index (χ2v) is 16.3. The minimum absolute atomic E-state index is 0.609. The molecule has 0 N–H and O–H groups in total. The summed E-state index contributed by atoms with van der Waals surface area (Å²) in [5, 5.41) is 7.46. The molecule has 0 fully saturated rings. The fourth-order valence-corrected chi connectivity index (χ4v) is 9.95. The Morgan fingerprint density at radius 1 is 0.333 bits per heavy atom. The molecule has 0 unspecified atom stereocenters. The molecule has 60 heavy (non-hydrogen) atoms. The van der Waals surface area contributed by atoms with E-state index >= 15 is 0 Å². The number of hydrogen-bond donors (Lipinski definition) is 0. The summed E-state index contributed by atoms with van der Waals surface area (Å²) in [6.07, 6.45) is 0. The summed E-state index contributed by atoms with van der Waals surface area (Å²) in [7, 11) is 0. The molecule has 0 saturated heterocycles. The van der Waals surface area contributed by atoms with Crippen molar-refractivity contribution < 1.29 is 0 Å². The highest BCUT2D eigenvalue weighted by atomic mass is 32.1. The molecule has 3 aromatic heterocycles. The predicted molar refractivity (Wildman–Crippen MR) is 252 cm³/mol. The van der Waals surface area contributed by atoms with Gasteiger partial charge in [0.05, 0.1) is 16.7 Å². The molecule has 0 atom stereocenters. The second kappa shape index (κ2) is 14.0. The van der Waals surface area contributed by atoms with E-state index in [0.29, 0.717) is 17.5 Å². The molecule has 280 valence electrons. The Kier molecular flexibility index (Phi) is 8.00. The third kappa shape index (κ3) is 5.70. The Morgan fingerprint density at radius 3 is 1.78 bits per heavy atom. The van der Waals surface area contributed by atoms with Crippen LogP contribution >= 0.6 is 11.3 Å². The van der Waals surface area contributed by atoms with Crippen LogP contribution in [0.25, 0.3) is 115 Å². The highest BCUT2D eigenvalue weighted by molar-refractivity contribution is 7.25. The zero-order valence-corrected chi connectivity index (χ0v) is 33.1. The van der Waals surface area contributed by atoms with Crippen LogP contribution < -0.4 is 0 Å². The molecule has 0 aliphatic carbocycles. The van der Waals surface area contributed by atoms with E-state index in [1.807, 2.05) is 29.5 Å². The van der Waals surface area contributed by atoms with E-state index in [1.165, 1.54) is 41.7 Å². The Labute approximate surface area is 350 Å². The largest absolute Gasteiger partial charge is 0.308 e. The van der Waals surface area contributed by atoms with Gasteiger partial charge in [-0.3, -0.25) is 0 Å². The Hall–Kier alpha value is -7.73. The number of thiophene rings is 1. The molecule has 0 spiro atoms. The highest BCUT2D eigenvalue weighted by Gasteiger charge is 2.21. The fraction of sp³-hybridized carbons (Fsp3) is 0. The summed E-state index contributed by atoms with van der Waals surface area (Å²) in [6, 6.07) is 73.3. The summed E-state index contributed by atoms with van der Waals surface area (Å²) < 4.78 is 4.97. The van der Waals surface area contributed by atoms with Crippen LogP contribution in [0.2, 0.25) is 0 Å². The first-order valence-corrected chi connectivity index (χ1v) is 21.0. The van der Waals surface area contributed by atoms with E-state index in [9.17, 15) is 0 Å². The van der Waals surface area contributed by atoms with E-state index in [4.69, 9.17) is 15.0 Å². The zero-order chi connectivity index (χ0) is 39.6. The van der Waals surface area contributed by atoms with Crippen LogP contribution in [-0.2, 0) is 0 Å². The van der Waals surface area contributed by atoms with Gasteiger partial charge in [-0.2, -0.15) is 0 Å². The van der Waals surface area contributed by atoms with Crippen molar-refractivity contribution in [2.24, 2.45) is 0 Å². The quantitative estimate of drug-likeness (QED) is 0.169. The number of fused-ring (bicyclic) bond motifs is 8. The second-order valence-electron chi connectivity index (χ2n) is 15.2. The molecule has 5 heteroatoms. The molecule has 0 bridgehead atoms. The summed E-state index contributed by atoms with van der Waals surface area (Å²) in [6.45, 7) is 0. The monoisotopic (exact) mass is 782 g/mol. The smallest absolute Gasteiger partial charge is 0.166 e. The summed E-state index contributed by atoms with van der Waals surface area (Å²) >= 11 is 1.84. The average Bonchev–Trinajstić information content (AvgIpc) is 3.87. The van der Waals surface area contributed by atoms with Crippen LogP contribution in [0.1, 0.15) is 0 Å². The lowest BCUT2D eigenvalue weighted by molar-refractivity contribution is 1.06. The molecular formula is C55H34N4S. The van der Waals surface area contributed by atoms with Gasteiger partial charge in [-0.15, -0.1) is 11.3 Å². The van der Waals surface area contributed by atoms with Crippen molar-refractivity contribution in [3.05, 3.63) is 206 Å². The number of hydrogen-bond acceptors (Lipinski definition) is 4. The van der Waals surface area contributed by atoms with Gasteiger partial charge in [0.1, 0.15) is 0 Å². The van der Waals surface area contributed by atoms with Gasteiger partial charge in [0.15, 0.2) is 17.5 Å². The van der Waals surface area contributed by atoms with Gasteiger partial charge >= 0.3 is 0 Å². The molecular weight excluding hydrogens is 749 g/mol. The Bertz CT molecular complexity index is 3610. The van der Waals surface area contributed by atoms with Crippen molar-refractivity contribution in [3.8, 4) is 62.1 Å². The molecule has 0 saturated carbocycles. The van der Waals surface area contributed by atoms with E-state index in [2.05, 4.69) is 193 Å². The van der Waals surface area contributed by atoms with Gasteiger partial charge in [-0.05, 0) is 75.5 Å². The van der Waals surface area contributed by atoms with Crippen LogP contribution in [0, 0.1) is 0 Å². The lowest BCUT2D eigenvalue weighted by Gasteiger charge is -2.16. The van der Waals surface area contributed by atoms with Crippen LogP contribution in [0.4, 0.5) is 0 Å². The van der Waals surface area contributed by atoms with E-state index in [0.717, 1.165) is 55.7 Å². The number of nitrogens with zero attached hydrogens (tertiary/aromatic N) is 4. The van der Waals surface area contributed by atoms with Gasteiger partial charge in [-0.1, -0.05) is 164 Å². The molecule has 9 aromatic carbocycles.